The number of esters is 1. The smallest absolute Gasteiger partial charge is 0.340 e. The number of thiophene rings is 1. The van der Waals surface area contributed by atoms with Crippen molar-refractivity contribution >= 4 is 45.5 Å². The van der Waals surface area contributed by atoms with E-state index in [-0.39, 0.29) is 18.2 Å². The standard InChI is InChI=1S/C17H17N3O4S/c1-9-7-10(17(23)24-2)16(25-9)20-14(21)8-13-15(22)19-12-6-4-3-5-11(12)18-13/h3-7,13,18H,8H2,1-2H3,(H,19,22)(H,20,21)/t13-/m0/s1. The van der Waals surface area contributed by atoms with E-state index < -0.39 is 12.0 Å². The number of methoxy groups -OCH3 is 1. The highest BCUT2D eigenvalue weighted by Crippen LogP contribution is 2.29. The van der Waals surface area contributed by atoms with Crippen molar-refractivity contribution in [2.24, 2.45) is 0 Å². The van der Waals surface area contributed by atoms with Crippen LogP contribution < -0.4 is 16.0 Å². The third kappa shape index (κ3) is 3.63. The van der Waals surface area contributed by atoms with Crippen LogP contribution in [0.1, 0.15) is 21.7 Å². The van der Waals surface area contributed by atoms with Gasteiger partial charge in [0.05, 0.1) is 30.5 Å². The van der Waals surface area contributed by atoms with Crippen LogP contribution in [0.25, 0.3) is 0 Å². The summed E-state index contributed by atoms with van der Waals surface area (Å²) in [4.78, 5) is 37.1. The molecule has 1 atom stereocenters. The molecule has 0 unspecified atom stereocenters. The largest absolute Gasteiger partial charge is 0.465 e. The van der Waals surface area contributed by atoms with Crippen molar-refractivity contribution in [2.75, 3.05) is 23.1 Å². The second-order valence-corrected chi connectivity index (χ2v) is 6.83. The molecule has 0 fully saturated rings. The molecule has 3 N–H and O–H groups in total. The number of anilines is 3. The highest BCUT2D eigenvalue weighted by Gasteiger charge is 2.28. The number of para-hydroxylation sites is 2. The number of aryl methyl sites for hydroxylation is 1. The number of rotatable bonds is 4. The van der Waals surface area contributed by atoms with Crippen molar-refractivity contribution in [3.05, 3.63) is 40.8 Å². The summed E-state index contributed by atoms with van der Waals surface area (Å²) >= 11 is 1.28. The number of nitrogens with one attached hydrogen (secondary N) is 3. The van der Waals surface area contributed by atoms with Crippen LogP contribution in [0.15, 0.2) is 30.3 Å². The Morgan fingerprint density at radius 1 is 1.28 bits per heavy atom. The maximum absolute atomic E-state index is 12.3. The lowest BCUT2D eigenvalue weighted by molar-refractivity contribution is -0.122. The predicted molar refractivity (Wildman–Crippen MR) is 96.1 cm³/mol. The lowest BCUT2D eigenvalue weighted by Crippen LogP contribution is -2.41. The summed E-state index contributed by atoms with van der Waals surface area (Å²) in [5, 5.41) is 8.94. The zero-order valence-electron chi connectivity index (χ0n) is 13.7. The molecule has 1 aromatic heterocycles. The fourth-order valence-electron chi connectivity index (χ4n) is 2.57. The Kier molecular flexibility index (Phi) is 4.71. The van der Waals surface area contributed by atoms with Gasteiger partial charge in [0.1, 0.15) is 11.0 Å². The van der Waals surface area contributed by atoms with E-state index in [1.54, 1.807) is 12.1 Å². The quantitative estimate of drug-likeness (QED) is 0.729. The highest BCUT2D eigenvalue weighted by atomic mass is 32.1. The summed E-state index contributed by atoms with van der Waals surface area (Å²) in [6.45, 7) is 1.83. The van der Waals surface area contributed by atoms with Gasteiger partial charge in [-0.2, -0.15) is 0 Å². The molecule has 1 aromatic carbocycles. The Balaban J connectivity index is 1.70. The number of carbonyl (C=O) groups is 3. The Morgan fingerprint density at radius 2 is 2.00 bits per heavy atom. The first-order valence-corrected chi connectivity index (χ1v) is 8.44. The maximum Gasteiger partial charge on any atom is 0.340 e. The van der Waals surface area contributed by atoms with E-state index in [2.05, 4.69) is 16.0 Å². The molecule has 2 heterocycles. The number of carbonyl (C=O) groups excluding carboxylic acids is 3. The summed E-state index contributed by atoms with van der Waals surface area (Å²) in [6, 6.07) is 8.26. The summed E-state index contributed by atoms with van der Waals surface area (Å²) in [5.41, 5.74) is 1.76. The van der Waals surface area contributed by atoms with Gasteiger partial charge in [-0.15, -0.1) is 11.3 Å². The topological polar surface area (TPSA) is 96.5 Å². The minimum atomic E-state index is -0.683. The molecular weight excluding hydrogens is 342 g/mol. The first-order chi connectivity index (χ1) is 12.0. The molecule has 1 aliphatic heterocycles. The second-order valence-electron chi connectivity index (χ2n) is 5.58. The number of hydrogen-bond donors (Lipinski definition) is 3. The zero-order valence-corrected chi connectivity index (χ0v) is 14.5. The van der Waals surface area contributed by atoms with Crippen LogP contribution in [0.4, 0.5) is 16.4 Å². The summed E-state index contributed by atoms with van der Waals surface area (Å²) in [6.07, 6.45) is -0.0578. The van der Waals surface area contributed by atoms with Gasteiger partial charge >= 0.3 is 5.97 Å². The Morgan fingerprint density at radius 3 is 2.72 bits per heavy atom. The van der Waals surface area contributed by atoms with E-state index in [1.807, 2.05) is 25.1 Å². The van der Waals surface area contributed by atoms with Gasteiger partial charge in [-0.3, -0.25) is 9.59 Å². The van der Waals surface area contributed by atoms with Gasteiger partial charge in [-0.1, -0.05) is 12.1 Å². The van der Waals surface area contributed by atoms with Crippen molar-refractivity contribution in [3.63, 3.8) is 0 Å². The molecule has 3 rings (SSSR count). The number of hydrogen-bond acceptors (Lipinski definition) is 6. The third-order valence-corrected chi connectivity index (χ3v) is 4.70. The van der Waals surface area contributed by atoms with Crippen LogP contribution >= 0.6 is 11.3 Å². The first-order valence-electron chi connectivity index (χ1n) is 7.63. The molecule has 2 aromatic rings. The molecule has 8 heteroatoms. The van der Waals surface area contributed by atoms with Crippen molar-refractivity contribution in [3.8, 4) is 0 Å². The summed E-state index contributed by atoms with van der Waals surface area (Å²) in [5.74, 6) is -1.15. The van der Waals surface area contributed by atoms with E-state index in [4.69, 9.17) is 4.74 Å². The van der Waals surface area contributed by atoms with Gasteiger partial charge < -0.3 is 20.7 Å². The van der Waals surface area contributed by atoms with E-state index in [0.717, 1.165) is 10.6 Å². The van der Waals surface area contributed by atoms with Crippen LogP contribution in [0.2, 0.25) is 0 Å². The molecule has 7 nitrogen and oxygen atoms in total. The number of amides is 2. The second kappa shape index (κ2) is 6.94. The fourth-order valence-corrected chi connectivity index (χ4v) is 3.48. The van der Waals surface area contributed by atoms with Crippen LogP contribution in [-0.4, -0.2) is 30.9 Å². The summed E-state index contributed by atoms with van der Waals surface area (Å²) < 4.78 is 4.72. The lowest BCUT2D eigenvalue weighted by Gasteiger charge is -2.26. The molecule has 1 aliphatic rings. The number of benzene rings is 1. The van der Waals surface area contributed by atoms with E-state index >= 15 is 0 Å². The van der Waals surface area contributed by atoms with Crippen LogP contribution in [0.3, 0.4) is 0 Å². The van der Waals surface area contributed by atoms with Gasteiger partial charge in [0.2, 0.25) is 11.8 Å². The highest BCUT2D eigenvalue weighted by molar-refractivity contribution is 7.16. The molecule has 0 saturated heterocycles. The van der Waals surface area contributed by atoms with Gasteiger partial charge in [-0.05, 0) is 25.1 Å². The van der Waals surface area contributed by atoms with E-state index in [0.29, 0.717) is 16.3 Å². The van der Waals surface area contributed by atoms with Crippen molar-refractivity contribution in [2.45, 2.75) is 19.4 Å². The Labute approximate surface area is 148 Å². The third-order valence-electron chi connectivity index (χ3n) is 3.73. The minimum absolute atomic E-state index is 0.0578. The lowest BCUT2D eigenvalue weighted by atomic mass is 10.1. The van der Waals surface area contributed by atoms with Crippen molar-refractivity contribution in [1.29, 1.82) is 0 Å². The number of ether oxygens (including phenoxy) is 1. The van der Waals surface area contributed by atoms with Crippen LogP contribution in [-0.2, 0) is 14.3 Å². The molecule has 0 aliphatic carbocycles. The van der Waals surface area contributed by atoms with Crippen LogP contribution in [0, 0.1) is 6.92 Å². The molecule has 0 saturated carbocycles. The first kappa shape index (κ1) is 17.0. The number of fused-ring (bicyclic) bond motifs is 1. The molecule has 0 spiro atoms. The zero-order chi connectivity index (χ0) is 18.0. The maximum atomic E-state index is 12.3. The molecule has 25 heavy (non-hydrogen) atoms. The van der Waals surface area contributed by atoms with Gasteiger partial charge in [-0.25, -0.2) is 4.79 Å². The SMILES string of the molecule is COC(=O)c1cc(C)sc1NC(=O)C[C@@H]1Nc2ccccc2NC1=O. The van der Waals surface area contributed by atoms with Gasteiger partial charge in [0.25, 0.3) is 0 Å². The van der Waals surface area contributed by atoms with E-state index in [9.17, 15) is 14.4 Å². The molecule has 0 bridgehead atoms. The normalized spacial score (nSPS) is 15.6. The molecule has 2 amide bonds. The van der Waals surface area contributed by atoms with Crippen molar-refractivity contribution < 1.29 is 19.1 Å². The minimum Gasteiger partial charge on any atom is -0.465 e. The van der Waals surface area contributed by atoms with Gasteiger partial charge in [0, 0.05) is 4.88 Å². The Bertz CT molecular complexity index is 846. The van der Waals surface area contributed by atoms with E-state index in [1.165, 1.54) is 18.4 Å². The average molecular weight is 359 g/mol. The van der Waals surface area contributed by atoms with Gasteiger partial charge in [0.15, 0.2) is 0 Å². The monoisotopic (exact) mass is 359 g/mol. The Hall–Kier alpha value is -2.87. The average Bonchev–Trinajstić information content (AvgIpc) is 2.95. The molecular formula is C17H17N3O4S. The molecule has 130 valence electrons. The van der Waals surface area contributed by atoms with Crippen molar-refractivity contribution in [1.82, 2.24) is 0 Å². The van der Waals surface area contributed by atoms with Crippen LogP contribution in [0.5, 0.6) is 0 Å². The summed E-state index contributed by atoms with van der Waals surface area (Å²) in [7, 11) is 1.29. The fraction of sp³-hybridized carbons (Fsp3) is 0.235. The predicted octanol–water partition coefficient (Wildman–Crippen LogP) is 2.60. The molecule has 0 radical (unpaired) electrons.